The maximum absolute atomic E-state index is 14.4. The van der Waals surface area contributed by atoms with Gasteiger partial charge >= 0.3 is 11.9 Å². The zero-order valence-electron chi connectivity index (χ0n) is 18.5. The van der Waals surface area contributed by atoms with Gasteiger partial charge in [0.15, 0.2) is 16.6 Å². The molecule has 32 heavy (non-hydrogen) atoms. The van der Waals surface area contributed by atoms with Crippen LogP contribution in [0, 0.1) is 10.8 Å². The van der Waals surface area contributed by atoms with Crippen LogP contribution in [-0.4, -0.2) is 78.9 Å². The number of esters is 2. The third-order valence-electron chi connectivity index (χ3n) is 6.63. The Balaban J connectivity index is 2.07. The number of aromatic nitrogens is 2. The summed E-state index contributed by atoms with van der Waals surface area (Å²) in [4.78, 5) is 53.8. The quantitative estimate of drug-likeness (QED) is 0.512. The number of piperidine rings is 2. The van der Waals surface area contributed by atoms with Gasteiger partial charge in [-0.25, -0.2) is 0 Å². The lowest BCUT2D eigenvalue weighted by atomic mass is 9.54. The number of ether oxygens (including phenoxy) is 2. The van der Waals surface area contributed by atoms with Crippen molar-refractivity contribution in [2.75, 3.05) is 41.4 Å². The van der Waals surface area contributed by atoms with Gasteiger partial charge in [0.2, 0.25) is 0 Å². The van der Waals surface area contributed by atoms with Gasteiger partial charge in [-0.15, -0.1) is 0 Å². The monoisotopic (exact) mass is 438 g/mol. The molecule has 2 aromatic heterocycles. The van der Waals surface area contributed by atoms with Crippen molar-refractivity contribution in [2.24, 2.45) is 10.8 Å². The molecule has 2 aromatic rings. The molecule has 2 bridgehead atoms. The number of fused-ring (bicyclic) bond motifs is 2. The molecule has 2 aliphatic heterocycles. The van der Waals surface area contributed by atoms with Crippen molar-refractivity contribution >= 4 is 17.7 Å². The van der Waals surface area contributed by atoms with Crippen molar-refractivity contribution in [1.82, 2.24) is 19.8 Å². The molecule has 2 aliphatic rings. The first-order valence-electron chi connectivity index (χ1n) is 10.3. The number of nitrogens with zero attached hydrogens (tertiary/aromatic N) is 4. The van der Waals surface area contributed by atoms with Crippen LogP contribution < -0.4 is 0 Å². The highest BCUT2D eigenvalue weighted by molar-refractivity contribution is 6.17. The van der Waals surface area contributed by atoms with E-state index in [9.17, 15) is 14.4 Å². The average molecular weight is 438 g/mol. The topological polar surface area (TPSA) is 102 Å². The number of carbonyl (C=O) groups excluding carboxylic acids is 3. The molecule has 0 radical (unpaired) electrons. The molecule has 0 aromatic carbocycles. The molecule has 0 N–H and O–H groups in total. The minimum atomic E-state index is -1.68. The van der Waals surface area contributed by atoms with Crippen molar-refractivity contribution in [3.63, 3.8) is 0 Å². The van der Waals surface area contributed by atoms with Gasteiger partial charge in [0.1, 0.15) is 0 Å². The van der Waals surface area contributed by atoms with Crippen molar-refractivity contribution in [1.29, 1.82) is 0 Å². The molecule has 0 amide bonds. The first kappa shape index (κ1) is 22.0. The van der Waals surface area contributed by atoms with E-state index < -0.39 is 40.6 Å². The van der Waals surface area contributed by atoms with Gasteiger partial charge in [-0.05, 0) is 38.4 Å². The summed E-state index contributed by atoms with van der Waals surface area (Å²) in [5.41, 5.74) is -2.29. The molecule has 2 fully saturated rings. The third kappa shape index (κ3) is 2.88. The molecule has 168 valence electrons. The third-order valence-corrected chi connectivity index (χ3v) is 6.63. The molecule has 0 saturated carbocycles. The Labute approximate surface area is 186 Å². The van der Waals surface area contributed by atoms with Crippen LogP contribution in [0.15, 0.2) is 48.8 Å². The average Bonchev–Trinajstić information content (AvgIpc) is 2.81. The lowest BCUT2D eigenvalue weighted by molar-refractivity contribution is -0.202. The normalized spacial score (nSPS) is 30.6. The number of hydrogen-bond acceptors (Lipinski definition) is 9. The van der Waals surface area contributed by atoms with Crippen LogP contribution in [0.1, 0.15) is 23.5 Å². The second kappa shape index (κ2) is 8.07. The number of likely N-dealkylation sites (tertiary alicyclic amines) is 2. The predicted molar refractivity (Wildman–Crippen MR) is 113 cm³/mol. The summed E-state index contributed by atoms with van der Waals surface area (Å²) in [6.45, 7) is 0.162. The highest BCUT2D eigenvalue weighted by Crippen LogP contribution is 2.59. The maximum Gasteiger partial charge on any atom is 0.322 e. The number of carbonyl (C=O) groups is 3. The molecular weight excluding hydrogens is 412 g/mol. The maximum atomic E-state index is 14.4. The number of methoxy groups -OCH3 is 2. The minimum Gasteiger partial charge on any atom is -0.468 e. The van der Waals surface area contributed by atoms with Gasteiger partial charge in [-0.1, -0.05) is 12.1 Å². The molecule has 2 saturated heterocycles. The van der Waals surface area contributed by atoms with Crippen LogP contribution in [0.5, 0.6) is 0 Å². The Bertz CT molecular complexity index is 954. The summed E-state index contributed by atoms with van der Waals surface area (Å²) >= 11 is 0. The molecule has 4 rings (SSSR count). The van der Waals surface area contributed by atoms with Gasteiger partial charge in [0.05, 0.1) is 37.7 Å². The SMILES string of the molecule is COC(=O)[C@]12CN(C)C[C@@](C(=O)OC)(C1=O)[C@@H](c1ccccn1)N(C)[C@@H]2c1ccccn1. The van der Waals surface area contributed by atoms with Crippen molar-refractivity contribution in [2.45, 2.75) is 12.1 Å². The Morgan fingerprint density at radius 2 is 1.31 bits per heavy atom. The molecule has 9 nitrogen and oxygen atoms in total. The van der Waals surface area contributed by atoms with Crippen LogP contribution in [0.25, 0.3) is 0 Å². The van der Waals surface area contributed by atoms with Crippen LogP contribution >= 0.6 is 0 Å². The highest BCUT2D eigenvalue weighted by Gasteiger charge is 2.75. The van der Waals surface area contributed by atoms with Crippen molar-refractivity contribution in [3.05, 3.63) is 60.2 Å². The fourth-order valence-corrected chi connectivity index (χ4v) is 5.61. The van der Waals surface area contributed by atoms with E-state index >= 15 is 0 Å². The van der Waals surface area contributed by atoms with Crippen LogP contribution in [0.2, 0.25) is 0 Å². The summed E-state index contributed by atoms with van der Waals surface area (Å²) in [6, 6.07) is 9.11. The largest absolute Gasteiger partial charge is 0.468 e. The van der Waals surface area contributed by atoms with Gasteiger partial charge in [-0.3, -0.25) is 29.3 Å². The van der Waals surface area contributed by atoms with E-state index in [4.69, 9.17) is 9.47 Å². The van der Waals surface area contributed by atoms with E-state index in [1.165, 1.54) is 14.2 Å². The van der Waals surface area contributed by atoms with E-state index in [-0.39, 0.29) is 13.1 Å². The van der Waals surface area contributed by atoms with E-state index in [1.54, 1.807) is 62.9 Å². The summed E-state index contributed by atoms with van der Waals surface area (Å²) in [7, 11) is 6.06. The Kier molecular flexibility index (Phi) is 5.56. The van der Waals surface area contributed by atoms with Crippen molar-refractivity contribution < 1.29 is 23.9 Å². The molecular formula is C23H26N4O5. The second-order valence-electron chi connectivity index (χ2n) is 8.41. The van der Waals surface area contributed by atoms with Crippen LogP contribution in [0.4, 0.5) is 0 Å². The van der Waals surface area contributed by atoms with Crippen molar-refractivity contribution in [3.8, 4) is 0 Å². The zero-order chi connectivity index (χ0) is 23.1. The smallest absolute Gasteiger partial charge is 0.322 e. The number of ketones is 1. The van der Waals surface area contributed by atoms with Gasteiger partial charge in [-0.2, -0.15) is 0 Å². The van der Waals surface area contributed by atoms with E-state index in [1.807, 2.05) is 9.80 Å². The predicted octanol–water partition coefficient (Wildman–Crippen LogP) is 1.04. The lowest BCUT2D eigenvalue weighted by Crippen LogP contribution is -2.75. The first-order valence-corrected chi connectivity index (χ1v) is 10.3. The van der Waals surface area contributed by atoms with Crippen LogP contribution in [0.3, 0.4) is 0 Å². The lowest BCUT2D eigenvalue weighted by Gasteiger charge is -2.60. The molecule has 0 spiro atoms. The number of rotatable bonds is 4. The van der Waals surface area contributed by atoms with Crippen LogP contribution in [-0.2, 0) is 23.9 Å². The molecule has 9 heteroatoms. The first-order chi connectivity index (χ1) is 15.3. The second-order valence-corrected chi connectivity index (χ2v) is 8.41. The fourth-order valence-electron chi connectivity index (χ4n) is 5.61. The summed E-state index contributed by atoms with van der Waals surface area (Å²) in [5.74, 6) is -1.93. The van der Waals surface area contributed by atoms with Gasteiger partial charge in [0, 0.05) is 25.5 Å². The number of hydrogen-bond donors (Lipinski definition) is 0. The van der Waals surface area contributed by atoms with Gasteiger partial charge < -0.3 is 14.4 Å². The highest BCUT2D eigenvalue weighted by atomic mass is 16.5. The summed E-state index contributed by atoms with van der Waals surface area (Å²) < 4.78 is 10.4. The number of pyridine rings is 2. The summed E-state index contributed by atoms with van der Waals surface area (Å²) in [5, 5.41) is 0. The Morgan fingerprint density at radius 1 is 0.875 bits per heavy atom. The van der Waals surface area contributed by atoms with Gasteiger partial charge in [0.25, 0.3) is 0 Å². The zero-order valence-corrected chi connectivity index (χ0v) is 18.5. The fraction of sp³-hybridized carbons (Fsp3) is 0.435. The summed E-state index contributed by atoms with van der Waals surface area (Å²) in [6.07, 6.45) is 3.23. The molecule has 4 atom stereocenters. The molecule has 0 unspecified atom stereocenters. The molecule has 0 aliphatic carbocycles. The minimum absolute atomic E-state index is 0.0811. The van der Waals surface area contributed by atoms with E-state index in [2.05, 4.69) is 9.97 Å². The Hall–Kier alpha value is -3.17. The van der Waals surface area contributed by atoms with E-state index in [0.29, 0.717) is 11.4 Å². The van der Waals surface area contributed by atoms with E-state index in [0.717, 1.165) is 0 Å². The number of Topliss-reactive ketones (excluding diaryl/α,β-unsaturated/α-hetero) is 1. The standard InChI is InChI=1S/C23H26N4O5/c1-26-13-22(20(29)31-3)17(15-9-5-7-11-24-15)27(2)18(16-10-6-8-12-25-16)23(14-26,19(22)28)21(30)32-4/h5-12,17-18H,13-14H2,1-4H3/t17-,18-,22+,23+/m1/s1. The Morgan fingerprint density at radius 3 is 1.66 bits per heavy atom. The molecule has 4 heterocycles.